The summed E-state index contributed by atoms with van der Waals surface area (Å²) in [4.78, 5) is 0. The molecule has 0 aliphatic heterocycles. The van der Waals surface area contributed by atoms with E-state index in [2.05, 4.69) is 13.8 Å². The minimum atomic E-state index is -0.169. The van der Waals surface area contributed by atoms with Gasteiger partial charge in [-0.1, -0.05) is 51.7 Å². The van der Waals surface area contributed by atoms with Gasteiger partial charge in [0.1, 0.15) is 5.82 Å². The quantitative estimate of drug-likeness (QED) is 0.732. The fourth-order valence-corrected chi connectivity index (χ4v) is 2.46. The van der Waals surface area contributed by atoms with Crippen LogP contribution in [-0.2, 0) is 6.42 Å². The van der Waals surface area contributed by atoms with Gasteiger partial charge in [-0.25, -0.2) is 4.39 Å². The van der Waals surface area contributed by atoms with Gasteiger partial charge in [0.25, 0.3) is 0 Å². The Hall–Kier alpha value is -0.890. The molecule has 0 saturated heterocycles. The molecule has 0 aliphatic rings. The lowest BCUT2D eigenvalue weighted by molar-refractivity contribution is 0.383. The molecule has 0 heterocycles. The molecule has 1 aromatic rings. The Morgan fingerprint density at radius 3 is 2.67 bits per heavy atom. The lowest BCUT2D eigenvalue weighted by atomic mass is 9.90. The molecule has 2 unspecified atom stereocenters. The number of benzene rings is 1. The maximum absolute atomic E-state index is 13.1. The average Bonchev–Trinajstić information content (AvgIpc) is 2.34. The minimum absolute atomic E-state index is 0.147. The summed E-state index contributed by atoms with van der Waals surface area (Å²) in [5.74, 6) is 0.547. The largest absolute Gasteiger partial charge is 0.327 e. The van der Waals surface area contributed by atoms with Crippen molar-refractivity contribution in [3.05, 3.63) is 35.6 Å². The fourth-order valence-electron chi connectivity index (χ4n) is 2.46. The first-order valence-electron chi connectivity index (χ1n) is 7.15. The van der Waals surface area contributed by atoms with Crippen LogP contribution in [0.1, 0.15) is 51.5 Å². The van der Waals surface area contributed by atoms with Gasteiger partial charge in [0, 0.05) is 6.04 Å². The van der Waals surface area contributed by atoms with E-state index in [1.807, 2.05) is 6.07 Å². The topological polar surface area (TPSA) is 26.0 Å². The van der Waals surface area contributed by atoms with Crippen molar-refractivity contribution < 1.29 is 4.39 Å². The van der Waals surface area contributed by atoms with E-state index in [-0.39, 0.29) is 11.9 Å². The fraction of sp³-hybridized carbons (Fsp3) is 0.625. The van der Waals surface area contributed by atoms with Crippen LogP contribution in [0.5, 0.6) is 0 Å². The number of hydrogen-bond donors (Lipinski definition) is 1. The third-order valence-electron chi connectivity index (χ3n) is 3.57. The Morgan fingerprint density at radius 2 is 2.06 bits per heavy atom. The first-order valence-corrected chi connectivity index (χ1v) is 7.15. The van der Waals surface area contributed by atoms with Gasteiger partial charge in [-0.15, -0.1) is 0 Å². The van der Waals surface area contributed by atoms with E-state index in [1.165, 1.54) is 31.7 Å². The molecule has 0 spiro atoms. The summed E-state index contributed by atoms with van der Waals surface area (Å²) in [5, 5.41) is 0. The molecule has 2 heteroatoms. The van der Waals surface area contributed by atoms with Crippen LogP contribution >= 0.6 is 0 Å². The van der Waals surface area contributed by atoms with Crippen molar-refractivity contribution >= 4 is 0 Å². The SMILES string of the molecule is CCCCC(CC)CC(N)Cc1cccc(F)c1. The molecule has 0 aliphatic carbocycles. The highest BCUT2D eigenvalue weighted by atomic mass is 19.1. The monoisotopic (exact) mass is 251 g/mol. The molecular weight excluding hydrogens is 225 g/mol. The number of unbranched alkanes of at least 4 members (excludes halogenated alkanes) is 1. The molecular formula is C16H26FN. The van der Waals surface area contributed by atoms with Crippen LogP contribution in [0.2, 0.25) is 0 Å². The number of hydrogen-bond acceptors (Lipinski definition) is 1. The van der Waals surface area contributed by atoms with Crippen LogP contribution in [-0.4, -0.2) is 6.04 Å². The number of rotatable bonds is 8. The van der Waals surface area contributed by atoms with E-state index in [0.29, 0.717) is 5.92 Å². The van der Waals surface area contributed by atoms with Gasteiger partial charge in [0.15, 0.2) is 0 Å². The first-order chi connectivity index (χ1) is 8.65. The molecule has 18 heavy (non-hydrogen) atoms. The standard InChI is InChI=1S/C16H26FN/c1-3-5-7-13(4-2)11-16(18)12-14-8-6-9-15(17)10-14/h6,8-10,13,16H,3-5,7,11-12,18H2,1-2H3. The number of nitrogens with two attached hydrogens (primary N) is 1. The smallest absolute Gasteiger partial charge is 0.123 e. The van der Waals surface area contributed by atoms with E-state index in [9.17, 15) is 4.39 Å². The van der Waals surface area contributed by atoms with Crippen molar-refractivity contribution in [1.82, 2.24) is 0 Å². The van der Waals surface area contributed by atoms with E-state index in [1.54, 1.807) is 12.1 Å². The van der Waals surface area contributed by atoms with Crippen molar-refractivity contribution in [2.45, 2.75) is 58.4 Å². The predicted molar refractivity (Wildman–Crippen MR) is 76.0 cm³/mol. The highest BCUT2D eigenvalue weighted by Crippen LogP contribution is 2.19. The minimum Gasteiger partial charge on any atom is -0.327 e. The molecule has 0 radical (unpaired) electrons. The van der Waals surface area contributed by atoms with E-state index < -0.39 is 0 Å². The second-order valence-corrected chi connectivity index (χ2v) is 5.25. The molecule has 2 N–H and O–H groups in total. The van der Waals surface area contributed by atoms with Crippen LogP contribution in [0.4, 0.5) is 4.39 Å². The van der Waals surface area contributed by atoms with E-state index >= 15 is 0 Å². The zero-order valence-electron chi connectivity index (χ0n) is 11.7. The second-order valence-electron chi connectivity index (χ2n) is 5.25. The molecule has 1 aromatic carbocycles. The summed E-state index contributed by atoms with van der Waals surface area (Å²) in [7, 11) is 0. The molecule has 0 fully saturated rings. The normalized spacial score (nSPS) is 14.4. The predicted octanol–water partition coefficient (Wildman–Crippen LogP) is 4.30. The van der Waals surface area contributed by atoms with Gasteiger partial charge >= 0.3 is 0 Å². The number of halogens is 1. The molecule has 102 valence electrons. The second kappa shape index (κ2) is 8.25. The Morgan fingerprint density at radius 1 is 1.28 bits per heavy atom. The summed E-state index contributed by atoms with van der Waals surface area (Å²) in [6.07, 6.45) is 6.81. The van der Waals surface area contributed by atoms with Gasteiger partial charge in [0.2, 0.25) is 0 Å². The third kappa shape index (κ3) is 5.63. The average molecular weight is 251 g/mol. The summed E-state index contributed by atoms with van der Waals surface area (Å²) >= 11 is 0. The van der Waals surface area contributed by atoms with Gasteiger partial charge in [-0.05, 0) is 36.5 Å². The van der Waals surface area contributed by atoms with Crippen LogP contribution in [0.15, 0.2) is 24.3 Å². The Labute approximate surface area is 111 Å². The molecule has 2 atom stereocenters. The third-order valence-corrected chi connectivity index (χ3v) is 3.57. The van der Waals surface area contributed by atoms with Crippen molar-refractivity contribution in [2.24, 2.45) is 11.7 Å². The summed E-state index contributed by atoms with van der Waals surface area (Å²) in [5.41, 5.74) is 7.19. The Balaban J connectivity index is 2.42. The van der Waals surface area contributed by atoms with Gasteiger partial charge in [0.05, 0.1) is 0 Å². The Bertz CT molecular complexity index is 338. The van der Waals surface area contributed by atoms with Crippen LogP contribution in [0.3, 0.4) is 0 Å². The van der Waals surface area contributed by atoms with Crippen molar-refractivity contribution in [2.75, 3.05) is 0 Å². The molecule has 0 bridgehead atoms. The molecule has 0 amide bonds. The first kappa shape index (κ1) is 15.2. The lowest BCUT2D eigenvalue weighted by Crippen LogP contribution is -2.26. The van der Waals surface area contributed by atoms with Crippen molar-refractivity contribution in [3.8, 4) is 0 Å². The van der Waals surface area contributed by atoms with Gasteiger partial charge in [-0.2, -0.15) is 0 Å². The Kier molecular flexibility index (Phi) is 6.96. The van der Waals surface area contributed by atoms with Crippen molar-refractivity contribution in [3.63, 3.8) is 0 Å². The van der Waals surface area contributed by atoms with E-state index in [0.717, 1.165) is 18.4 Å². The summed E-state index contributed by atoms with van der Waals surface area (Å²) < 4.78 is 13.1. The van der Waals surface area contributed by atoms with Crippen molar-refractivity contribution in [1.29, 1.82) is 0 Å². The zero-order chi connectivity index (χ0) is 13.4. The van der Waals surface area contributed by atoms with Gasteiger partial charge < -0.3 is 5.73 Å². The highest BCUT2D eigenvalue weighted by Gasteiger charge is 2.12. The maximum Gasteiger partial charge on any atom is 0.123 e. The molecule has 0 aromatic heterocycles. The van der Waals surface area contributed by atoms with Crippen LogP contribution < -0.4 is 5.73 Å². The van der Waals surface area contributed by atoms with Crippen LogP contribution in [0, 0.1) is 11.7 Å². The lowest BCUT2D eigenvalue weighted by Gasteiger charge is -2.19. The molecule has 1 nitrogen and oxygen atoms in total. The summed E-state index contributed by atoms with van der Waals surface area (Å²) in [6, 6.07) is 6.92. The molecule has 0 saturated carbocycles. The molecule has 1 rings (SSSR count). The van der Waals surface area contributed by atoms with Gasteiger partial charge in [-0.3, -0.25) is 0 Å². The maximum atomic E-state index is 13.1. The highest BCUT2D eigenvalue weighted by molar-refractivity contribution is 5.17. The zero-order valence-corrected chi connectivity index (χ0v) is 11.7. The summed E-state index contributed by atoms with van der Waals surface area (Å²) in [6.45, 7) is 4.45. The van der Waals surface area contributed by atoms with E-state index in [4.69, 9.17) is 5.73 Å². The van der Waals surface area contributed by atoms with Crippen LogP contribution in [0.25, 0.3) is 0 Å².